The minimum atomic E-state index is -4.62. The van der Waals surface area contributed by atoms with E-state index in [1.165, 1.54) is 6.07 Å². The highest BCUT2D eigenvalue weighted by molar-refractivity contribution is 9.10. The number of hydrogen-bond acceptors (Lipinski definition) is 3. The number of aromatic nitrogens is 1. The molecule has 0 aliphatic carbocycles. The fourth-order valence-corrected chi connectivity index (χ4v) is 2.20. The van der Waals surface area contributed by atoms with Crippen LogP contribution in [0.3, 0.4) is 0 Å². The first-order valence-electron chi connectivity index (χ1n) is 5.28. The van der Waals surface area contributed by atoms with Crippen LogP contribution < -0.4 is 4.90 Å². The Balaban J connectivity index is 2.77. The average Bonchev–Trinajstić information content (AvgIpc) is 2.31. The molecule has 0 bridgehead atoms. The van der Waals surface area contributed by atoms with Crippen LogP contribution in [0.1, 0.15) is 5.69 Å². The summed E-state index contributed by atoms with van der Waals surface area (Å²) in [6.07, 6.45) is -4.62. The van der Waals surface area contributed by atoms with Crippen molar-refractivity contribution in [3.63, 3.8) is 0 Å². The van der Waals surface area contributed by atoms with Crippen LogP contribution in [0.2, 0.25) is 0 Å². The lowest BCUT2D eigenvalue weighted by Gasteiger charge is -2.15. The van der Waals surface area contributed by atoms with Crippen molar-refractivity contribution in [2.45, 2.75) is 6.18 Å². The quantitative estimate of drug-likeness (QED) is 0.862. The van der Waals surface area contributed by atoms with E-state index in [1.54, 1.807) is 31.1 Å². The van der Waals surface area contributed by atoms with Gasteiger partial charge in [-0.1, -0.05) is 0 Å². The maximum Gasteiger partial charge on any atom is 0.434 e. The Bertz CT molecular complexity index is 641. The molecule has 102 valence electrons. The third kappa shape index (κ3) is 2.47. The number of halogens is 4. The fourth-order valence-electron chi connectivity index (χ4n) is 1.68. The molecule has 1 N–H and O–H groups in total. The lowest BCUT2D eigenvalue weighted by atomic mass is 10.1. The molecule has 0 fully saturated rings. The maximum absolute atomic E-state index is 12.8. The van der Waals surface area contributed by atoms with Gasteiger partial charge in [-0.3, -0.25) is 0 Å². The van der Waals surface area contributed by atoms with Crippen molar-refractivity contribution in [2.24, 2.45) is 0 Å². The lowest BCUT2D eigenvalue weighted by Crippen LogP contribution is -2.10. The number of fused-ring (bicyclic) bond motifs is 1. The Morgan fingerprint density at radius 3 is 2.42 bits per heavy atom. The van der Waals surface area contributed by atoms with Gasteiger partial charge >= 0.3 is 6.18 Å². The molecule has 2 aromatic rings. The Kier molecular flexibility index (Phi) is 3.34. The third-order valence-electron chi connectivity index (χ3n) is 2.67. The maximum atomic E-state index is 12.8. The highest BCUT2D eigenvalue weighted by Gasteiger charge is 2.37. The van der Waals surface area contributed by atoms with E-state index in [4.69, 9.17) is 0 Å². The zero-order valence-electron chi connectivity index (χ0n) is 10.1. The summed E-state index contributed by atoms with van der Waals surface area (Å²) >= 11 is 2.75. The molecule has 0 unspecified atom stereocenters. The van der Waals surface area contributed by atoms with Crippen molar-refractivity contribution >= 4 is 32.5 Å². The summed E-state index contributed by atoms with van der Waals surface area (Å²) in [5.41, 5.74) is -0.273. The summed E-state index contributed by atoms with van der Waals surface area (Å²) < 4.78 is 37.8. The largest absolute Gasteiger partial charge is 0.506 e. The Labute approximate surface area is 115 Å². The van der Waals surface area contributed by atoms with E-state index in [-0.39, 0.29) is 10.9 Å². The second-order valence-electron chi connectivity index (χ2n) is 4.22. The average molecular weight is 335 g/mol. The summed E-state index contributed by atoms with van der Waals surface area (Å²) in [4.78, 5) is 5.34. The van der Waals surface area contributed by atoms with Crippen LogP contribution in [0.5, 0.6) is 5.75 Å². The molecular formula is C12H10BrF3N2O. The van der Waals surface area contributed by atoms with Crippen LogP contribution >= 0.6 is 15.9 Å². The van der Waals surface area contributed by atoms with Gasteiger partial charge in [0, 0.05) is 25.2 Å². The molecule has 1 aromatic heterocycles. The van der Waals surface area contributed by atoms with Gasteiger partial charge in [-0.15, -0.1) is 0 Å². The third-order valence-corrected chi connectivity index (χ3v) is 3.42. The number of benzene rings is 1. The summed E-state index contributed by atoms with van der Waals surface area (Å²) in [7, 11) is 3.59. The Morgan fingerprint density at radius 1 is 1.26 bits per heavy atom. The minimum absolute atomic E-state index is 0.0959. The number of pyridine rings is 1. The normalized spacial score (nSPS) is 11.9. The molecule has 19 heavy (non-hydrogen) atoms. The van der Waals surface area contributed by atoms with Crippen molar-refractivity contribution in [3.05, 3.63) is 28.4 Å². The first-order chi connectivity index (χ1) is 8.71. The predicted molar refractivity (Wildman–Crippen MR) is 70.4 cm³/mol. The van der Waals surface area contributed by atoms with E-state index in [0.717, 1.165) is 5.69 Å². The van der Waals surface area contributed by atoms with Gasteiger partial charge in [0.1, 0.15) is 5.75 Å². The predicted octanol–water partition coefficient (Wildman–Crippen LogP) is 3.79. The molecule has 0 radical (unpaired) electrons. The molecule has 0 spiro atoms. The van der Waals surface area contributed by atoms with Gasteiger partial charge in [-0.25, -0.2) is 4.98 Å². The zero-order valence-corrected chi connectivity index (χ0v) is 11.7. The van der Waals surface area contributed by atoms with Crippen LogP contribution in [0.4, 0.5) is 18.9 Å². The standard InChI is InChI=1S/C12H10BrF3N2O/c1-18(2)6-3-4-8-7(5-6)10(19)9(13)11(17-8)12(14,15)16/h3-5H,1-2H3,(H,17,19). The van der Waals surface area contributed by atoms with Crippen LogP contribution in [0.15, 0.2) is 22.7 Å². The summed E-state index contributed by atoms with van der Waals surface area (Å²) in [6, 6.07) is 4.68. The van der Waals surface area contributed by atoms with Gasteiger partial charge in [-0.05, 0) is 34.1 Å². The molecule has 0 aliphatic rings. The second-order valence-corrected chi connectivity index (χ2v) is 5.01. The monoisotopic (exact) mass is 334 g/mol. The molecule has 0 aliphatic heterocycles. The Morgan fingerprint density at radius 2 is 1.89 bits per heavy atom. The number of alkyl halides is 3. The first-order valence-corrected chi connectivity index (χ1v) is 6.08. The molecular weight excluding hydrogens is 325 g/mol. The smallest absolute Gasteiger partial charge is 0.434 e. The molecule has 1 aromatic carbocycles. The number of nitrogens with zero attached hydrogens (tertiary/aromatic N) is 2. The van der Waals surface area contributed by atoms with Crippen molar-refractivity contribution in [1.82, 2.24) is 4.98 Å². The van der Waals surface area contributed by atoms with Gasteiger partial charge < -0.3 is 10.0 Å². The van der Waals surface area contributed by atoms with Crippen LogP contribution in [0, 0.1) is 0 Å². The molecule has 0 atom stereocenters. The number of aromatic hydroxyl groups is 1. The molecule has 2 rings (SSSR count). The van der Waals surface area contributed by atoms with Crippen molar-refractivity contribution in [2.75, 3.05) is 19.0 Å². The summed E-state index contributed by atoms with van der Waals surface area (Å²) in [5, 5.41) is 10.2. The molecule has 0 amide bonds. The van der Waals surface area contributed by atoms with Gasteiger partial charge in [0.05, 0.1) is 9.99 Å². The second kappa shape index (κ2) is 4.56. The number of rotatable bonds is 1. The molecule has 0 saturated heterocycles. The SMILES string of the molecule is CN(C)c1ccc2nc(C(F)(F)F)c(Br)c(O)c2c1. The van der Waals surface area contributed by atoms with E-state index < -0.39 is 22.1 Å². The molecule has 0 saturated carbocycles. The van der Waals surface area contributed by atoms with Crippen molar-refractivity contribution in [3.8, 4) is 5.75 Å². The fraction of sp³-hybridized carbons (Fsp3) is 0.250. The zero-order chi connectivity index (χ0) is 14.4. The highest BCUT2D eigenvalue weighted by Crippen LogP contribution is 2.41. The van der Waals surface area contributed by atoms with Gasteiger partial charge in [-0.2, -0.15) is 13.2 Å². The highest BCUT2D eigenvalue weighted by atomic mass is 79.9. The van der Waals surface area contributed by atoms with Gasteiger partial charge in [0.25, 0.3) is 0 Å². The topological polar surface area (TPSA) is 36.4 Å². The van der Waals surface area contributed by atoms with Gasteiger partial charge in [0.15, 0.2) is 5.69 Å². The summed E-state index contributed by atoms with van der Waals surface area (Å²) in [5.74, 6) is -0.457. The van der Waals surface area contributed by atoms with Gasteiger partial charge in [0.2, 0.25) is 0 Å². The van der Waals surface area contributed by atoms with Crippen molar-refractivity contribution < 1.29 is 18.3 Å². The van der Waals surface area contributed by atoms with Crippen LogP contribution in [-0.2, 0) is 6.18 Å². The molecule has 3 nitrogen and oxygen atoms in total. The number of hydrogen-bond donors (Lipinski definition) is 1. The van der Waals surface area contributed by atoms with E-state index >= 15 is 0 Å². The van der Waals surface area contributed by atoms with E-state index in [2.05, 4.69) is 20.9 Å². The first kappa shape index (κ1) is 13.9. The molecule has 7 heteroatoms. The van der Waals surface area contributed by atoms with E-state index in [9.17, 15) is 18.3 Å². The lowest BCUT2D eigenvalue weighted by molar-refractivity contribution is -0.141. The number of anilines is 1. The molecule has 1 heterocycles. The minimum Gasteiger partial charge on any atom is -0.506 e. The van der Waals surface area contributed by atoms with E-state index in [1.807, 2.05) is 0 Å². The van der Waals surface area contributed by atoms with Crippen molar-refractivity contribution in [1.29, 1.82) is 0 Å². The Hall–Kier alpha value is -1.50. The van der Waals surface area contributed by atoms with Crippen LogP contribution in [0.25, 0.3) is 10.9 Å². The summed E-state index contributed by atoms with van der Waals surface area (Å²) in [6.45, 7) is 0. The van der Waals surface area contributed by atoms with Crippen LogP contribution in [-0.4, -0.2) is 24.2 Å². The van der Waals surface area contributed by atoms with E-state index in [0.29, 0.717) is 0 Å².